The fourth-order valence-corrected chi connectivity index (χ4v) is 6.48. The fourth-order valence-electron chi connectivity index (χ4n) is 4.01. The molecule has 20 heavy (non-hydrogen) atoms. The number of benzene rings is 1. The molecule has 106 valence electrons. The van der Waals surface area contributed by atoms with Gasteiger partial charge < -0.3 is 0 Å². The molecule has 0 radical (unpaired) electrons. The third kappa shape index (κ3) is 1.70. The summed E-state index contributed by atoms with van der Waals surface area (Å²) in [6.45, 7) is 0. The molecule has 0 aromatic heterocycles. The first kappa shape index (κ1) is 12.6. The van der Waals surface area contributed by atoms with E-state index in [1.54, 1.807) is 0 Å². The summed E-state index contributed by atoms with van der Waals surface area (Å²) >= 11 is 0. The summed E-state index contributed by atoms with van der Waals surface area (Å²) in [4.78, 5) is 12.6. The number of carbonyl (C=O) groups excluding carboxylic acids is 1. The number of hydrogen-bond donors (Lipinski definition) is 0. The highest BCUT2D eigenvalue weighted by atomic mass is 32.2. The molecule has 3 nitrogen and oxygen atoms in total. The maximum Gasteiger partial charge on any atom is 0.166 e. The molecule has 2 atom stereocenters. The molecule has 0 amide bonds. The average Bonchev–Trinajstić information content (AvgIpc) is 2.59. The Morgan fingerprint density at radius 3 is 2.20 bits per heavy atom. The van der Waals surface area contributed by atoms with E-state index in [9.17, 15) is 13.2 Å². The first-order chi connectivity index (χ1) is 9.55. The van der Waals surface area contributed by atoms with Crippen molar-refractivity contribution in [2.45, 2.75) is 49.0 Å². The summed E-state index contributed by atoms with van der Waals surface area (Å²) in [6, 6.07) is 6.00. The summed E-state index contributed by atoms with van der Waals surface area (Å²) in [5.74, 6) is 0.0700. The summed E-state index contributed by atoms with van der Waals surface area (Å²) in [5, 5.41) is -0.524. The van der Waals surface area contributed by atoms with Gasteiger partial charge in [0.05, 0.1) is 10.5 Å². The molecule has 0 N–H and O–H groups in total. The topological polar surface area (TPSA) is 51.2 Å². The van der Waals surface area contributed by atoms with Crippen LogP contribution in [0.1, 0.15) is 47.2 Å². The van der Waals surface area contributed by atoms with Crippen molar-refractivity contribution in [1.82, 2.24) is 0 Å². The Balaban J connectivity index is 1.59. The van der Waals surface area contributed by atoms with Crippen molar-refractivity contribution in [3.63, 3.8) is 0 Å². The molecule has 1 aliphatic carbocycles. The summed E-state index contributed by atoms with van der Waals surface area (Å²) in [6.07, 6.45) is 4.77. The summed E-state index contributed by atoms with van der Waals surface area (Å²) in [5.41, 5.74) is 3.43. The van der Waals surface area contributed by atoms with Gasteiger partial charge in [-0.2, -0.15) is 0 Å². The van der Waals surface area contributed by atoms with E-state index in [4.69, 9.17) is 0 Å². The van der Waals surface area contributed by atoms with Gasteiger partial charge in [0, 0.05) is 11.5 Å². The van der Waals surface area contributed by atoms with Gasteiger partial charge in [-0.15, -0.1) is 0 Å². The molecule has 2 saturated heterocycles. The smallest absolute Gasteiger partial charge is 0.166 e. The monoisotopic (exact) mass is 290 g/mol. The molecule has 2 bridgehead atoms. The van der Waals surface area contributed by atoms with Gasteiger partial charge in [0.15, 0.2) is 15.6 Å². The third-order valence-corrected chi connectivity index (χ3v) is 8.07. The molecule has 0 spiro atoms. The van der Waals surface area contributed by atoms with E-state index in [2.05, 4.69) is 6.07 Å². The SMILES string of the molecule is O=C(c1ccc2c(c1)CC2)C1CC2CCC(C1)S2(=O)=O. The molecule has 2 aliphatic heterocycles. The normalized spacial score (nSPS) is 33.3. The lowest BCUT2D eigenvalue weighted by atomic mass is 9.84. The van der Waals surface area contributed by atoms with Crippen LogP contribution in [0.5, 0.6) is 0 Å². The van der Waals surface area contributed by atoms with Crippen LogP contribution in [-0.4, -0.2) is 24.7 Å². The van der Waals surface area contributed by atoms with Gasteiger partial charge in [-0.1, -0.05) is 12.1 Å². The quantitative estimate of drug-likeness (QED) is 0.785. The standard InChI is InChI=1S/C16H18O3S/c17-16(12-4-2-10-1-3-11(10)7-12)13-8-14-5-6-15(9-13)20(14,18)19/h2,4,7,13-15H,1,3,5-6,8-9H2. The Kier molecular flexibility index (Phi) is 2.62. The number of rotatable bonds is 2. The first-order valence-corrected chi connectivity index (χ1v) is 9.05. The van der Waals surface area contributed by atoms with Crippen molar-refractivity contribution >= 4 is 15.6 Å². The van der Waals surface area contributed by atoms with Crippen LogP contribution < -0.4 is 0 Å². The van der Waals surface area contributed by atoms with Crippen molar-refractivity contribution in [2.75, 3.05) is 0 Å². The van der Waals surface area contributed by atoms with E-state index >= 15 is 0 Å². The molecule has 2 fully saturated rings. The summed E-state index contributed by atoms with van der Waals surface area (Å²) < 4.78 is 24.2. The lowest BCUT2D eigenvalue weighted by Crippen LogP contribution is -2.36. The van der Waals surface area contributed by atoms with Crippen LogP contribution >= 0.6 is 0 Å². The minimum absolute atomic E-state index is 0.0887. The van der Waals surface area contributed by atoms with Crippen LogP contribution in [0.3, 0.4) is 0 Å². The third-order valence-electron chi connectivity index (χ3n) is 5.36. The number of hydrogen-bond acceptors (Lipinski definition) is 3. The highest BCUT2D eigenvalue weighted by Gasteiger charge is 2.48. The van der Waals surface area contributed by atoms with Crippen LogP contribution in [0.2, 0.25) is 0 Å². The second kappa shape index (κ2) is 4.17. The minimum Gasteiger partial charge on any atom is -0.294 e. The van der Waals surface area contributed by atoms with Gasteiger partial charge >= 0.3 is 0 Å². The average molecular weight is 290 g/mol. The zero-order chi connectivity index (χ0) is 13.9. The van der Waals surface area contributed by atoms with Crippen molar-refractivity contribution in [3.05, 3.63) is 34.9 Å². The van der Waals surface area contributed by atoms with Gasteiger partial charge in [-0.05, 0) is 55.7 Å². The zero-order valence-corrected chi connectivity index (χ0v) is 12.2. The van der Waals surface area contributed by atoms with Crippen LogP contribution in [0.4, 0.5) is 0 Å². The van der Waals surface area contributed by atoms with E-state index in [0.29, 0.717) is 12.8 Å². The predicted molar refractivity (Wildman–Crippen MR) is 76.6 cm³/mol. The van der Waals surface area contributed by atoms with E-state index in [1.165, 1.54) is 11.1 Å². The Labute approximate surface area is 119 Å². The lowest BCUT2D eigenvalue weighted by Gasteiger charge is -2.27. The largest absolute Gasteiger partial charge is 0.294 e. The van der Waals surface area contributed by atoms with E-state index < -0.39 is 9.84 Å². The molecule has 1 aromatic rings. The number of aryl methyl sites for hydroxylation is 2. The van der Waals surface area contributed by atoms with Gasteiger partial charge in [-0.3, -0.25) is 4.79 Å². The Bertz CT molecular complexity index is 670. The molecule has 1 aromatic carbocycles. The highest BCUT2D eigenvalue weighted by molar-refractivity contribution is 7.93. The molecule has 4 heteroatoms. The van der Waals surface area contributed by atoms with Crippen LogP contribution in [0.25, 0.3) is 0 Å². The Morgan fingerprint density at radius 2 is 1.65 bits per heavy atom. The van der Waals surface area contributed by atoms with Gasteiger partial charge in [0.1, 0.15) is 0 Å². The van der Waals surface area contributed by atoms with Gasteiger partial charge in [-0.25, -0.2) is 8.42 Å². The van der Waals surface area contributed by atoms with E-state index in [-0.39, 0.29) is 22.2 Å². The maximum atomic E-state index is 12.6. The van der Waals surface area contributed by atoms with Crippen molar-refractivity contribution in [3.8, 4) is 0 Å². The number of ketones is 1. The lowest BCUT2D eigenvalue weighted by molar-refractivity contribution is 0.0905. The van der Waals surface area contributed by atoms with Crippen molar-refractivity contribution < 1.29 is 13.2 Å². The number of sulfone groups is 1. The van der Waals surface area contributed by atoms with E-state index in [1.807, 2.05) is 12.1 Å². The van der Waals surface area contributed by atoms with Gasteiger partial charge in [0.2, 0.25) is 0 Å². The van der Waals surface area contributed by atoms with Crippen molar-refractivity contribution in [2.24, 2.45) is 5.92 Å². The number of Topliss-reactive ketones (excluding diaryl/α,β-unsaturated/α-hetero) is 1. The number of carbonyl (C=O) groups is 1. The fraction of sp³-hybridized carbons (Fsp3) is 0.562. The molecule has 2 unspecified atom stereocenters. The first-order valence-electron chi connectivity index (χ1n) is 7.44. The van der Waals surface area contributed by atoms with Crippen molar-refractivity contribution in [1.29, 1.82) is 0 Å². The molecule has 4 rings (SSSR count). The number of fused-ring (bicyclic) bond motifs is 3. The second-order valence-electron chi connectivity index (χ2n) is 6.43. The van der Waals surface area contributed by atoms with E-state index in [0.717, 1.165) is 31.2 Å². The zero-order valence-electron chi connectivity index (χ0n) is 11.3. The minimum atomic E-state index is -2.93. The Morgan fingerprint density at radius 1 is 1.00 bits per heavy atom. The molecular weight excluding hydrogens is 272 g/mol. The van der Waals surface area contributed by atoms with Crippen LogP contribution in [-0.2, 0) is 22.7 Å². The van der Waals surface area contributed by atoms with Gasteiger partial charge in [0.25, 0.3) is 0 Å². The molecule has 0 saturated carbocycles. The highest BCUT2D eigenvalue weighted by Crippen LogP contribution is 2.42. The second-order valence-corrected chi connectivity index (χ2v) is 8.94. The summed E-state index contributed by atoms with van der Waals surface area (Å²) in [7, 11) is -2.93. The van der Waals surface area contributed by atoms with Crippen LogP contribution in [0.15, 0.2) is 18.2 Å². The predicted octanol–water partition coefficient (Wildman–Crippen LogP) is 2.32. The Hall–Kier alpha value is -1.16. The molecule has 2 heterocycles. The molecular formula is C16H18O3S. The van der Waals surface area contributed by atoms with Crippen LogP contribution in [0, 0.1) is 5.92 Å². The molecule has 3 aliphatic rings. The maximum absolute atomic E-state index is 12.6.